The molecule has 0 bridgehead atoms. The fourth-order valence-corrected chi connectivity index (χ4v) is 3.89. The van der Waals surface area contributed by atoms with Gasteiger partial charge in [-0.3, -0.25) is 4.79 Å². The highest BCUT2D eigenvalue weighted by molar-refractivity contribution is 7.89. The molecule has 0 saturated heterocycles. The van der Waals surface area contributed by atoms with Crippen molar-refractivity contribution in [3.8, 4) is 11.5 Å². The zero-order valence-electron chi connectivity index (χ0n) is 15.3. The number of hydrogen-bond donors (Lipinski definition) is 1. The van der Waals surface area contributed by atoms with Gasteiger partial charge in [0.2, 0.25) is 10.0 Å². The molecule has 3 rings (SSSR count). The number of benzene rings is 2. The Kier molecular flexibility index (Phi) is 6.94. The summed E-state index contributed by atoms with van der Waals surface area (Å²) in [5.41, 5.74) is 0.487. The van der Waals surface area contributed by atoms with Crippen LogP contribution in [0.25, 0.3) is 0 Å². The third-order valence-corrected chi connectivity index (χ3v) is 5.89. The van der Waals surface area contributed by atoms with Gasteiger partial charge in [0.25, 0.3) is 0 Å². The van der Waals surface area contributed by atoms with Gasteiger partial charge < -0.3 is 14.2 Å². The standard InChI is InChI=1S/C19H19ClFNO6S/c20-16-10-14(21)4-3-13(16)12-28-19(23)2-1-7-22-29(24,25)15-5-6-17-18(11-15)27-9-8-26-17/h3-6,10-11,22H,1-2,7-9,12H2. The van der Waals surface area contributed by atoms with Crippen molar-refractivity contribution in [2.24, 2.45) is 0 Å². The van der Waals surface area contributed by atoms with E-state index in [1.165, 1.54) is 24.3 Å². The first-order valence-corrected chi connectivity index (χ1v) is 10.7. The third kappa shape index (κ3) is 5.81. The molecule has 1 N–H and O–H groups in total. The summed E-state index contributed by atoms with van der Waals surface area (Å²) >= 11 is 5.87. The van der Waals surface area contributed by atoms with Crippen LogP contribution in [0.3, 0.4) is 0 Å². The molecule has 0 aromatic heterocycles. The van der Waals surface area contributed by atoms with Gasteiger partial charge in [0.15, 0.2) is 11.5 Å². The first-order chi connectivity index (χ1) is 13.8. The van der Waals surface area contributed by atoms with Crippen molar-refractivity contribution in [1.29, 1.82) is 0 Å². The number of carbonyl (C=O) groups excluding carboxylic acids is 1. The lowest BCUT2D eigenvalue weighted by Gasteiger charge is -2.18. The summed E-state index contributed by atoms with van der Waals surface area (Å²) in [5.74, 6) is -0.111. The van der Waals surface area contributed by atoms with Crippen LogP contribution in [-0.4, -0.2) is 34.1 Å². The van der Waals surface area contributed by atoms with E-state index in [4.69, 9.17) is 25.8 Å². The molecule has 1 heterocycles. The number of sulfonamides is 1. The minimum Gasteiger partial charge on any atom is -0.486 e. The summed E-state index contributed by atoms with van der Waals surface area (Å²) < 4.78 is 56.0. The van der Waals surface area contributed by atoms with Crippen molar-refractivity contribution in [1.82, 2.24) is 4.72 Å². The Morgan fingerprint density at radius 3 is 2.66 bits per heavy atom. The van der Waals surface area contributed by atoms with Crippen LogP contribution >= 0.6 is 11.6 Å². The van der Waals surface area contributed by atoms with Crippen molar-refractivity contribution >= 4 is 27.6 Å². The Morgan fingerprint density at radius 2 is 1.90 bits per heavy atom. The van der Waals surface area contributed by atoms with Crippen molar-refractivity contribution in [3.63, 3.8) is 0 Å². The molecule has 0 fully saturated rings. The number of ether oxygens (including phenoxy) is 3. The highest BCUT2D eigenvalue weighted by Gasteiger charge is 2.19. The monoisotopic (exact) mass is 443 g/mol. The molecule has 10 heteroatoms. The molecule has 0 spiro atoms. The van der Waals surface area contributed by atoms with Gasteiger partial charge in [-0.25, -0.2) is 17.5 Å². The summed E-state index contributed by atoms with van der Waals surface area (Å²) in [6.07, 6.45) is 0.266. The number of carbonyl (C=O) groups is 1. The van der Waals surface area contributed by atoms with Crippen molar-refractivity contribution in [3.05, 3.63) is 52.8 Å². The minimum atomic E-state index is -3.75. The zero-order chi connectivity index (χ0) is 20.9. The van der Waals surface area contributed by atoms with E-state index in [0.29, 0.717) is 30.3 Å². The minimum absolute atomic E-state index is 0.0163. The van der Waals surface area contributed by atoms with Gasteiger partial charge in [0, 0.05) is 24.6 Å². The number of esters is 1. The summed E-state index contributed by atoms with van der Waals surface area (Å²) in [7, 11) is -3.75. The number of hydrogen-bond acceptors (Lipinski definition) is 6. The lowest BCUT2D eigenvalue weighted by Crippen LogP contribution is -2.25. The van der Waals surface area contributed by atoms with Gasteiger partial charge in [-0.2, -0.15) is 0 Å². The number of fused-ring (bicyclic) bond motifs is 1. The Morgan fingerprint density at radius 1 is 1.14 bits per heavy atom. The second-order valence-corrected chi connectivity index (χ2v) is 8.38. The molecule has 156 valence electrons. The fourth-order valence-electron chi connectivity index (χ4n) is 2.58. The van der Waals surface area contributed by atoms with E-state index in [0.717, 1.165) is 6.07 Å². The van der Waals surface area contributed by atoms with Crippen molar-refractivity contribution < 1.29 is 31.8 Å². The zero-order valence-corrected chi connectivity index (χ0v) is 16.9. The molecular weight excluding hydrogens is 425 g/mol. The highest BCUT2D eigenvalue weighted by atomic mass is 35.5. The predicted octanol–water partition coefficient (Wildman–Crippen LogP) is 3.05. The summed E-state index contributed by atoms with van der Waals surface area (Å²) in [5, 5.41) is 0.171. The quantitative estimate of drug-likeness (QED) is 0.498. The summed E-state index contributed by atoms with van der Waals surface area (Å²) in [6, 6.07) is 8.17. The molecule has 0 amide bonds. The van der Waals surface area contributed by atoms with Crippen molar-refractivity contribution in [2.75, 3.05) is 19.8 Å². The normalized spacial score (nSPS) is 13.2. The average Bonchev–Trinajstić information content (AvgIpc) is 2.70. The van der Waals surface area contributed by atoms with Crippen LogP contribution in [0.4, 0.5) is 4.39 Å². The van der Waals surface area contributed by atoms with Crippen LogP contribution in [0.15, 0.2) is 41.3 Å². The average molecular weight is 444 g/mol. The second-order valence-electron chi connectivity index (χ2n) is 6.20. The molecule has 2 aromatic carbocycles. The van der Waals surface area contributed by atoms with E-state index < -0.39 is 21.8 Å². The maximum Gasteiger partial charge on any atom is 0.306 e. The van der Waals surface area contributed by atoms with E-state index in [9.17, 15) is 17.6 Å². The van der Waals surface area contributed by atoms with Crippen LogP contribution in [0.2, 0.25) is 5.02 Å². The molecule has 0 aliphatic carbocycles. The Bertz CT molecular complexity index is 998. The van der Waals surface area contributed by atoms with E-state index in [1.54, 1.807) is 6.07 Å². The maximum absolute atomic E-state index is 13.0. The third-order valence-electron chi connectivity index (χ3n) is 4.08. The van der Waals surface area contributed by atoms with Crippen LogP contribution in [-0.2, 0) is 26.2 Å². The van der Waals surface area contributed by atoms with Crippen LogP contribution in [0.1, 0.15) is 18.4 Å². The lowest BCUT2D eigenvalue weighted by atomic mass is 10.2. The molecule has 29 heavy (non-hydrogen) atoms. The molecule has 0 saturated carbocycles. The first kappa shape index (κ1) is 21.4. The molecule has 7 nitrogen and oxygen atoms in total. The second kappa shape index (κ2) is 9.43. The highest BCUT2D eigenvalue weighted by Crippen LogP contribution is 2.32. The Labute approximate surface area is 172 Å². The summed E-state index contributed by atoms with van der Waals surface area (Å²) in [4.78, 5) is 11.9. The number of halogens is 2. The smallest absolute Gasteiger partial charge is 0.306 e. The van der Waals surface area contributed by atoms with E-state index in [-0.39, 0.29) is 35.9 Å². The van der Waals surface area contributed by atoms with Crippen LogP contribution in [0.5, 0.6) is 11.5 Å². The molecule has 1 aliphatic heterocycles. The first-order valence-electron chi connectivity index (χ1n) is 8.84. The Balaban J connectivity index is 1.44. The van der Waals surface area contributed by atoms with Gasteiger partial charge >= 0.3 is 5.97 Å². The van der Waals surface area contributed by atoms with Gasteiger partial charge in [-0.05, 0) is 30.7 Å². The van der Waals surface area contributed by atoms with E-state index in [1.807, 2.05) is 0 Å². The lowest BCUT2D eigenvalue weighted by molar-refractivity contribution is -0.145. The largest absolute Gasteiger partial charge is 0.486 e. The molecule has 0 radical (unpaired) electrons. The van der Waals surface area contributed by atoms with E-state index in [2.05, 4.69) is 4.72 Å². The topological polar surface area (TPSA) is 90.9 Å². The predicted molar refractivity (Wildman–Crippen MR) is 103 cm³/mol. The molecule has 0 atom stereocenters. The maximum atomic E-state index is 13.0. The summed E-state index contributed by atoms with van der Waals surface area (Å²) in [6.45, 7) is 0.750. The number of rotatable bonds is 8. The molecule has 2 aromatic rings. The van der Waals surface area contributed by atoms with Crippen LogP contribution in [0, 0.1) is 5.82 Å². The van der Waals surface area contributed by atoms with Gasteiger partial charge in [0.05, 0.1) is 9.92 Å². The SMILES string of the molecule is O=C(CCCNS(=O)(=O)c1ccc2c(c1)OCCO2)OCc1ccc(F)cc1Cl. The Hall–Kier alpha value is -2.36. The van der Waals surface area contributed by atoms with Gasteiger partial charge in [-0.1, -0.05) is 17.7 Å². The molecular formula is C19H19ClFNO6S. The molecule has 1 aliphatic rings. The fraction of sp³-hybridized carbons (Fsp3) is 0.316. The van der Waals surface area contributed by atoms with Gasteiger partial charge in [-0.15, -0.1) is 0 Å². The van der Waals surface area contributed by atoms with Crippen molar-refractivity contribution in [2.45, 2.75) is 24.3 Å². The molecule has 0 unspecified atom stereocenters. The number of nitrogens with one attached hydrogen (secondary N) is 1. The van der Waals surface area contributed by atoms with Crippen LogP contribution < -0.4 is 14.2 Å². The van der Waals surface area contributed by atoms with E-state index >= 15 is 0 Å². The van der Waals surface area contributed by atoms with Gasteiger partial charge in [0.1, 0.15) is 25.6 Å².